The molecule has 2 aliphatic heterocycles. The Labute approximate surface area is 130 Å². The molecule has 1 aromatic carbocycles. The van der Waals surface area contributed by atoms with Crippen molar-refractivity contribution < 1.29 is 19.4 Å². The van der Waals surface area contributed by atoms with Gasteiger partial charge in [-0.2, -0.15) is 0 Å². The Bertz CT molecular complexity index is 551. The van der Waals surface area contributed by atoms with Gasteiger partial charge in [-0.1, -0.05) is 18.2 Å². The van der Waals surface area contributed by atoms with E-state index in [4.69, 9.17) is 14.6 Å². The summed E-state index contributed by atoms with van der Waals surface area (Å²) >= 11 is 0. The van der Waals surface area contributed by atoms with Crippen molar-refractivity contribution in [3.05, 3.63) is 29.8 Å². The van der Waals surface area contributed by atoms with Gasteiger partial charge < -0.3 is 19.5 Å². The molecule has 22 heavy (non-hydrogen) atoms. The fourth-order valence-corrected chi connectivity index (χ4v) is 3.24. The van der Waals surface area contributed by atoms with E-state index in [0.717, 1.165) is 37.4 Å². The molecule has 6 nitrogen and oxygen atoms in total. The van der Waals surface area contributed by atoms with Crippen LogP contribution in [0, 0.1) is 0 Å². The minimum absolute atomic E-state index is 0.00342. The quantitative estimate of drug-likeness (QED) is 0.882. The summed E-state index contributed by atoms with van der Waals surface area (Å²) in [6.45, 7) is 3.36. The minimum Gasteiger partial charge on any atom is -0.491 e. The summed E-state index contributed by atoms with van der Waals surface area (Å²) in [4.78, 5) is 15.5. The Morgan fingerprint density at radius 2 is 2.18 bits per heavy atom. The Morgan fingerprint density at radius 3 is 2.91 bits per heavy atom. The molecule has 6 heteroatoms. The number of aliphatic hydroxyl groups is 1. The van der Waals surface area contributed by atoms with Crippen LogP contribution in [0.1, 0.15) is 12.0 Å². The van der Waals surface area contributed by atoms with E-state index in [-0.39, 0.29) is 18.3 Å². The van der Waals surface area contributed by atoms with Gasteiger partial charge in [0.25, 0.3) is 0 Å². The van der Waals surface area contributed by atoms with Gasteiger partial charge in [0.2, 0.25) is 0 Å². The van der Waals surface area contributed by atoms with Gasteiger partial charge in [0.15, 0.2) is 0 Å². The molecule has 2 fully saturated rings. The first-order valence-electron chi connectivity index (χ1n) is 7.60. The maximum atomic E-state index is 11.6. The van der Waals surface area contributed by atoms with Crippen LogP contribution >= 0.6 is 0 Å². The number of benzene rings is 1. The number of aliphatic hydroxyl groups excluding tert-OH is 1. The number of carbonyl (C=O) groups is 1. The molecule has 1 N–H and O–H groups in total. The molecule has 0 aromatic heterocycles. The predicted molar refractivity (Wildman–Crippen MR) is 80.8 cm³/mol. The number of likely N-dealkylation sites (N-methyl/N-ethyl adjacent to an activating group) is 1. The number of likely N-dealkylation sites (tertiary alicyclic amines) is 1. The van der Waals surface area contributed by atoms with Crippen molar-refractivity contribution in [2.75, 3.05) is 39.9 Å². The molecule has 1 amide bonds. The van der Waals surface area contributed by atoms with Gasteiger partial charge >= 0.3 is 6.09 Å². The molecular weight excluding hydrogens is 284 g/mol. The lowest BCUT2D eigenvalue weighted by molar-refractivity contribution is 0.0626. The third-order valence-corrected chi connectivity index (χ3v) is 4.25. The highest BCUT2D eigenvalue weighted by Gasteiger charge is 2.48. The molecule has 2 heterocycles. The molecule has 3 rings (SSSR count). The largest absolute Gasteiger partial charge is 0.491 e. The van der Waals surface area contributed by atoms with Crippen molar-refractivity contribution in [1.82, 2.24) is 9.80 Å². The second-order valence-corrected chi connectivity index (χ2v) is 6.05. The number of ether oxygens (including phenoxy) is 2. The molecule has 2 saturated heterocycles. The van der Waals surface area contributed by atoms with Gasteiger partial charge in [-0.05, 0) is 6.07 Å². The van der Waals surface area contributed by atoms with Gasteiger partial charge in [-0.3, -0.25) is 4.90 Å². The van der Waals surface area contributed by atoms with Gasteiger partial charge in [-0.15, -0.1) is 0 Å². The molecule has 120 valence electrons. The van der Waals surface area contributed by atoms with E-state index in [1.807, 2.05) is 24.3 Å². The molecule has 0 aliphatic carbocycles. The van der Waals surface area contributed by atoms with Crippen molar-refractivity contribution >= 4 is 6.09 Å². The van der Waals surface area contributed by atoms with E-state index in [2.05, 4.69) is 4.90 Å². The van der Waals surface area contributed by atoms with Crippen molar-refractivity contribution in [2.45, 2.75) is 18.6 Å². The standard InChI is InChI=1S/C16H22N2O4/c1-17-11-16(22-15(17)20)6-7-18(12-16)10-13-4-2-3-5-14(13)21-9-8-19/h2-5,19H,6-12H2,1H3/t16-/m0/s1. The van der Waals surface area contributed by atoms with E-state index in [0.29, 0.717) is 13.2 Å². The van der Waals surface area contributed by atoms with E-state index in [1.165, 1.54) is 0 Å². The summed E-state index contributed by atoms with van der Waals surface area (Å²) in [6.07, 6.45) is 0.636. The first kappa shape index (κ1) is 15.1. The summed E-state index contributed by atoms with van der Waals surface area (Å²) in [7, 11) is 1.78. The van der Waals surface area contributed by atoms with Gasteiger partial charge in [0.1, 0.15) is 18.0 Å². The first-order chi connectivity index (χ1) is 10.6. The molecular formula is C16H22N2O4. The molecule has 1 spiro atoms. The topological polar surface area (TPSA) is 62.2 Å². The number of carbonyl (C=O) groups excluding carboxylic acids is 1. The Morgan fingerprint density at radius 1 is 1.36 bits per heavy atom. The molecule has 1 aromatic rings. The summed E-state index contributed by atoms with van der Waals surface area (Å²) < 4.78 is 11.1. The lowest BCUT2D eigenvalue weighted by Gasteiger charge is -2.22. The first-order valence-corrected chi connectivity index (χ1v) is 7.60. The SMILES string of the molecule is CN1C[C@]2(CCN(Cc3ccccc3OCCO)C2)OC1=O. The van der Waals surface area contributed by atoms with Crippen molar-refractivity contribution in [2.24, 2.45) is 0 Å². The third kappa shape index (κ3) is 3.03. The van der Waals surface area contributed by atoms with Crippen LogP contribution in [0.2, 0.25) is 0 Å². The normalized spacial score (nSPS) is 25.0. The second kappa shape index (κ2) is 6.14. The monoisotopic (exact) mass is 306 g/mol. The molecule has 2 aliphatic rings. The summed E-state index contributed by atoms with van der Waals surface area (Å²) in [6, 6.07) is 7.86. The maximum Gasteiger partial charge on any atom is 0.410 e. The van der Waals surface area contributed by atoms with Crippen LogP contribution in [0.25, 0.3) is 0 Å². The second-order valence-electron chi connectivity index (χ2n) is 6.05. The van der Waals surface area contributed by atoms with Crippen molar-refractivity contribution in [3.8, 4) is 5.75 Å². The van der Waals surface area contributed by atoms with E-state index in [9.17, 15) is 4.79 Å². The third-order valence-electron chi connectivity index (χ3n) is 4.25. The number of para-hydroxylation sites is 1. The van der Waals surface area contributed by atoms with E-state index < -0.39 is 0 Å². The number of amides is 1. The van der Waals surface area contributed by atoms with Crippen LogP contribution in [-0.4, -0.2) is 66.5 Å². The summed E-state index contributed by atoms with van der Waals surface area (Å²) in [5.74, 6) is 0.804. The Hall–Kier alpha value is -1.79. The smallest absolute Gasteiger partial charge is 0.410 e. The number of rotatable bonds is 5. The van der Waals surface area contributed by atoms with Gasteiger partial charge in [0, 0.05) is 38.7 Å². The molecule has 1 atom stereocenters. The Kier molecular flexibility index (Phi) is 4.22. The molecule has 0 saturated carbocycles. The zero-order chi connectivity index (χ0) is 15.6. The average Bonchev–Trinajstić information content (AvgIpc) is 3.01. The predicted octanol–water partition coefficient (Wildman–Crippen LogP) is 1.08. The molecule has 0 bridgehead atoms. The van der Waals surface area contributed by atoms with Crippen LogP contribution in [-0.2, 0) is 11.3 Å². The molecule has 0 unspecified atom stereocenters. The summed E-state index contributed by atoms with van der Waals surface area (Å²) in [5.41, 5.74) is 0.734. The lowest BCUT2D eigenvalue weighted by Crippen LogP contribution is -2.37. The van der Waals surface area contributed by atoms with Crippen LogP contribution in [0.15, 0.2) is 24.3 Å². The van der Waals surface area contributed by atoms with Crippen LogP contribution in [0.3, 0.4) is 0 Å². The average molecular weight is 306 g/mol. The highest BCUT2D eigenvalue weighted by molar-refractivity contribution is 5.70. The van der Waals surface area contributed by atoms with E-state index >= 15 is 0 Å². The highest BCUT2D eigenvalue weighted by Crippen LogP contribution is 2.33. The van der Waals surface area contributed by atoms with Crippen LogP contribution < -0.4 is 4.74 Å². The minimum atomic E-state index is -0.354. The highest BCUT2D eigenvalue weighted by atomic mass is 16.6. The lowest BCUT2D eigenvalue weighted by atomic mass is 10.0. The zero-order valence-corrected chi connectivity index (χ0v) is 12.8. The maximum absolute atomic E-state index is 11.6. The fourth-order valence-electron chi connectivity index (χ4n) is 3.24. The van der Waals surface area contributed by atoms with Gasteiger partial charge in [0.05, 0.1) is 13.2 Å². The van der Waals surface area contributed by atoms with Crippen LogP contribution in [0.5, 0.6) is 5.75 Å². The summed E-state index contributed by atoms with van der Waals surface area (Å²) in [5, 5.41) is 8.90. The zero-order valence-electron chi connectivity index (χ0n) is 12.8. The van der Waals surface area contributed by atoms with Gasteiger partial charge in [-0.25, -0.2) is 4.79 Å². The van der Waals surface area contributed by atoms with E-state index in [1.54, 1.807) is 11.9 Å². The van der Waals surface area contributed by atoms with Crippen LogP contribution in [0.4, 0.5) is 4.79 Å². The fraction of sp³-hybridized carbons (Fsp3) is 0.562. The Balaban J connectivity index is 1.64. The number of nitrogens with zero attached hydrogens (tertiary/aromatic N) is 2. The molecule has 0 radical (unpaired) electrons. The number of hydrogen-bond donors (Lipinski definition) is 1. The number of hydrogen-bond acceptors (Lipinski definition) is 5. The van der Waals surface area contributed by atoms with Crippen molar-refractivity contribution in [1.29, 1.82) is 0 Å². The van der Waals surface area contributed by atoms with Crippen molar-refractivity contribution in [3.63, 3.8) is 0 Å².